The molecule has 0 N–H and O–H groups in total. The summed E-state index contributed by atoms with van der Waals surface area (Å²) in [5.74, 6) is 2.71. The van der Waals surface area contributed by atoms with Crippen molar-refractivity contribution in [2.45, 2.75) is 57.8 Å². The normalized spacial score (nSPS) is 22.4. The van der Waals surface area contributed by atoms with Gasteiger partial charge in [0.2, 0.25) is 0 Å². The summed E-state index contributed by atoms with van der Waals surface area (Å²) in [6.45, 7) is 6.58. The highest BCUT2D eigenvalue weighted by atomic mass is 16.5. The molecule has 0 radical (unpaired) electrons. The summed E-state index contributed by atoms with van der Waals surface area (Å²) in [6.07, 6.45) is 11.4. The van der Waals surface area contributed by atoms with Crippen LogP contribution in [-0.2, 0) is 0 Å². The van der Waals surface area contributed by atoms with Gasteiger partial charge in [0, 0.05) is 0 Å². The van der Waals surface area contributed by atoms with E-state index >= 15 is 0 Å². The van der Waals surface area contributed by atoms with Gasteiger partial charge in [-0.05, 0) is 75.0 Å². The SMILES string of the molecule is C=CCCCC1CCC(c2ccc(OCC)cc2)CC1. The van der Waals surface area contributed by atoms with E-state index in [0.717, 1.165) is 24.2 Å². The molecular formula is C19H28O. The van der Waals surface area contributed by atoms with Crippen LogP contribution in [0.5, 0.6) is 5.75 Å². The summed E-state index contributed by atoms with van der Waals surface area (Å²) in [5.41, 5.74) is 1.50. The van der Waals surface area contributed by atoms with E-state index in [0.29, 0.717) is 0 Å². The van der Waals surface area contributed by atoms with Crippen LogP contribution in [0.1, 0.15) is 63.4 Å². The third kappa shape index (κ3) is 4.40. The van der Waals surface area contributed by atoms with E-state index in [2.05, 4.69) is 30.8 Å². The third-order valence-electron chi connectivity index (χ3n) is 4.53. The van der Waals surface area contributed by atoms with Crippen LogP contribution in [0.3, 0.4) is 0 Å². The van der Waals surface area contributed by atoms with Crippen LogP contribution in [0, 0.1) is 5.92 Å². The molecule has 1 aromatic rings. The van der Waals surface area contributed by atoms with Crippen molar-refractivity contribution in [1.29, 1.82) is 0 Å². The monoisotopic (exact) mass is 272 g/mol. The fraction of sp³-hybridized carbons (Fsp3) is 0.579. The van der Waals surface area contributed by atoms with E-state index in [1.54, 1.807) is 0 Å². The zero-order chi connectivity index (χ0) is 14.2. The van der Waals surface area contributed by atoms with E-state index in [1.807, 2.05) is 13.0 Å². The first kappa shape index (κ1) is 15.2. The summed E-state index contributed by atoms with van der Waals surface area (Å²) >= 11 is 0. The minimum Gasteiger partial charge on any atom is -0.494 e. The second kappa shape index (κ2) is 8.14. The van der Waals surface area contributed by atoms with Gasteiger partial charge in [0.25, 0.3) is 0 Å². The highest BCUT2D eigenvalue weighted by Gasteiger charge is 2.21. The maximum Gasteiger partial charge on any atom is 0.119 e. The first-order chi connectivity index (χ1) is 9.83. The maximum absolute atomic E-state index is 5.51. The predicted molar refractivity (Wildman–Crippen MR) is 86.4 cm³/mol. The molecule has 0 aromatic heterocycles. The van der Waals surface area contributed by atoms with Crippen molar-refractivity contribution >= 4 is 0 Å². The first-order valence-electron chi connectivity index (χ1n) is 8.17. The topological polar surface area (TPSA) is 9.23 Å². The Bertz CT molecular complexity index is 385. The van der Waals surface area contributed by atoms with Crippen molar-refractivity contribution in [3.05, 3.63) is 42.5 Å². The molecule has 1 heteroatoms. The Morgan fingerprint density at radius 3 is 2.45 bits per heavy atom. The van der Waals surface area contributed by atoms with Crippen molar-refractivity contribution in [3.63, 3.8) is 0 Å². The van der Waals surface area contributed by atoms with E-state index < -0.39 is 0 Å². The van der Waals surface area contributed by atoms with Crippen LogP contribution in [0.2, 0.25) is 0 Å². The van der Waals surface area contributed by atoms with E-state index in [9.17, 15) is 0 Å². The van der Waals surface area contributed by atoms with Crippen LogP contribution in [0.4, 0.5) is 0 Å². The van der Waals surface area contributed by atoms with Crippen molar-refractivity contribution in [3.8, 4) is 5.75 Å². The summed E-state index contributed by atoms with van der Waals surface area (Å²) in [5, 5.41) is 0. The van der Waals surface area contributed by atoms with Crippen molar-refractivity contribution in [2.24, 2.45) is 5.92 Å². The standard InChI is InChI=1S/C19H28O/c1-3-5-6-7-16-8-10-17(11-9-16)18-12-14-19(15-13-18)20-4-2/h3,12-17H,1,4-11H2,2H3. The Kier molecular flexibility index (Phi) is 6.17. The molecule has 1 saturated carbocycles. The highest BCUT2D eigenvalue weighted by molar-refractivity contribution is 5.29. The Morgan fingerprint density at radius 2 is 1.85 bits per heavy atom. The van der Waals surface area contributed by atoms with Crippen LogP contribution >= 0.6 is 0 Å². The largest absolute Gasteiger partial charge is 0.494 e. The highest BCUT2D eigenvalue weighted by Crippen LogP contribution is 2.38. The Hall–Kier alpha value is -1.24. The lowest BCUT2D eigenvalue weighted by atomic mass is 9.77. The van der Waals surface area contributed by atoms with Crippen LogP contribution in [0.25, 0.3) is 0 Å². The molecule has 1 nitrogen and oxygen atoms in total. The van der Waals surface area contributed by atoms with Gasteiger partial charge in [-0.3, -0.25) is 0 Å². The minimum absolute atomic E-state index is 0.745. The average Bonchev–Trinajstić information content (AvgIpc) is 2.49. The van der Waals surface area contributed by atoms with Crippen molar-refractivity contribution < 1.29 is 4.74 Å². The predicted octanol–water partition coefficient (Wildman–Crippen LogP) is 5.72. The molecule has 0 amide bonds. The molecule has 20 heavy (non-hydrogen) atoms. The van der Waals surface area contributed by atoms with Crippen molar-refractivity contribution in [2.75, 3.05) is 6.61 Å². The molecule has 0 atom stereocenters. The molecule has 1 fully saturated rings. The lowest BCUT2D eigenvalue weighted by Crippen LogP contribution is -2.13. The molecule has 0 spiro atoms. The van der Waals surface area contributed by atoms with Gasteiger partial charge in [-0.2, -0.15) is 0 Å². The second-order valence-electron chi connectivity index (χ2n) is 5.94. The lowest BCUT2D eigenvalue weighted by Gasteiger charge is -2.28. The van der Waals surface area contributed by atoms with Crippen LogP contribution in [-0.4, -0.2) is 6.61 Å². The van der Waals surface area contributed by atoms with Gasteiger partial charge in [0.1, 0.15) is 5.75 Å². The van der Waals surface area contributed by atoms with Gasteiger partial charge in [0.05, 0.1) is 6.61 Å². The Labute approximate surface area is 124 Å². The fourth-order valence-electron chi connectivity index (χ4n) is 3.34. The van der Waals surface area contributed by atoms with E-state index in [1.165, 1.54) is 50.5 Å². The van der Waals surface area contributed by atoms with E-state index in [4.69, 9.17) is 4.74 Å². The van der Waals surface area contributed by atoms with E-state index in [-0.39, 0.29) is 0 Å². The Morgan fingerprint density at radius 1 is 1.15 bits per heavy atom. The fourth-order valence-corrected chi connectivity index (χ4v) is 3.34. The quantitative estimate of drug-likeness (QED) is 0.456. The Balaban J connectivity index is 1.79. The molecule has 1 aromatic carbocycles. The second-order valence-corrected chi connectivity index (χ2v) is 5.94. The molecule has 1 aliphatic carbocycles. The minimum atomic E-state index is 0.745. The molecule has 0 heterocycles. The summed E-state index contributed by atoms with van der Waals surface area (Å²) in [7, 11) is 0. The van der Waals surface area contributed by atoms with Gasteiger partial charge in [0.15, 0.2) is 0 Å². The van der Waals surface area contributed by atoms with Gasteiger partial charge in [-0.25, -0.2) is 0 Å². The average molecular weight is 272 g/mol. The first-order valence-corrected chi connectivity index (χ1v) is 8.17. The number of hydrogen-bond donors (Lipinski definition) is 0. The maximum atomic E-state index is 5.51. The smallest absolute Gasteiger partial charge is 0.119 e. The van der Waals surface area contributed by atoms with Crippen LogP contribution < -0.4 is 4.74 Å². The van der Waals surface area contributed by atoms with Crippen molar-refractivity contribution in [1.82, 2.24) is 0 Å². The number of benzene rings is 1. The molecule has 1 aliphatic rings. The summed E-state index contributed by atoms with van der Waals surface area (Å²) < 4.78 is 5.51. The van der Waals surface area contributed by atoms with Gasteiger partial charge in [-0.15, -0.1) is 6.58 Å². The van der Waals surface area contributed by atoms with Crippen LogP contribution in [0.15, 0.2) is 36.9 Å². The molecular weight excluding hydrogens is 244 g/mol. The number of rotatable bonds is 7. The zero-order valence-electron chi connectivity index (χ0n) is 12.8. The molecule has 0 aliphatic heterocycles. The lowest BCUT2D eigenvalue weighted by molar-refractivity contribution is 0.305. The van der Waals surface area contributed by atoms with Gasteiger partial charge in [-0.1, -0.05) is 24.6 Å². The number of unbranched alkanes of at least 4 members (excludes halogenated alkanes) is 1. The van der Waals surface area contributed by atoms with Gasteiger partial charge >= 0.3 is 0 Å². The number of ether oxygens (including phenoxy) is 1. The summed E-state index contributed by atoms with van der Waals surface area (Å²) in [6, 6.07) is 8.76. The molecule has 0 saturated heterocycles. The molecule has 0 bridgehead atoms. The number of allylic oxidation sites excluding steroid dienone is 1. The summed E-state index contributed by atoms with van der Waals surface area (Å²) in [4.78, 5) is 0. The zero-order valence-corrected chi connectivity index (χ0v) is 12.8. The molecule has 0 unspecified atom stereocenters. The molecule has 2 rings (SSSR count). The third-order valence-corrected chi connectivity index (χ3v) is 4.53. The molecule has 110 valence electrons. The van der Waals surface area contributed by atoms with Gasteiger partial charge < -0.3 is 4.74 Å². The number of hydrogen-bond acceptors (Lipinski definition) is 1.